The van der Waals surface area contributed by atoms with Gasteiger partial charge >= 0.3 is 22.9 Å². The van der Waals surface area contributed by atoms with Crippen LogP contribution in [0.15, 0.2) is 36.4 Å². The first kappa shape index (κ1) is 7.98. The Morgan fingerprint density at radius 1 is 1.08 bits per heavy atom. The molecule has 0 atom stereocenters. The molecule has 0 aliphatic heterocycles. The Labute approximate surface area is 85.5 Å². The minimum absolute atomic E-state index is 1.27. The molecule has 2 rings (SSSR count). The first-order valence-corrected chi connectivity index (χ1v) is 4.82. The third kappa shape index (κ3) is 1.20. The van der Waals surface area contributed by atoms with Gasteiger partial charge in [0.05, 0.1) is 0 Å². The van der Waals surface area contributed by atoms with Crippen molar-refractivity contribution in [2.45, 2.75) is 6.92 Å². The van der Waals surface area contributed by atoms with E-state index in [1.807, 2.05) is 0 Å². The second-order valence-corrected chi connectivity index (χ2v) is 3.78. The van der Waals surface area contributed by atoms with Gasteiger partial charge in [0.25, 0.3) is 0 Å². The highest BCUT2D eigenvalue weighted by Crippen LogP contribution is 2.10. The van der Waals surface area contributed by atoms with E-state index in [0.29, 0.717) is 0 Å². The number of benzene rings is 1. The molecule has 2 aromatic rings. The number of hydrogen-bond acceptors (Lipinski definition) is 0. The zero-order valence-corrected chi connectivity index (χ0v) is 8.95. The lowest BCUT2D eigenvalue weighted by atomic mass is 10.2. The molecule has 0 bridgehead atoms. The van der Waals surface area contributed by atoms with Gasteiger partial charge in [-0.3, -0.25) is 0 Å². The van der Waals surface area contributed by atoms with E-state index in [0.717, 1.165) is 0 Å². The van der Waals surface area contributed by atoms with E-state index in [-0.39, 0.29) is 0 Å². The molecule has 0 saturated heterocycles. The van der Waals surface area contributed by atoms with E-state index in [4.69, 9.17) is 0 Å². The van der Waals surface area contributed by atoms with Crippen LogP contribution >= 0.6 is 22.9 Å². The zero-order valence-electron chi connectivity index (χ0n) is 6.79. The molecule has 1 aromatic heterocycles. The number of nitrogens with zero attached hydrogens (tertiary/aromatic N) is 1. The monoisotopic (exact) mass is 270 g/mol. The maximum absolute atomic E-state index is 2.32. The van der Waals surface area contributed by atoms with Gasteiger partial charge in [-0.05, 0) is 12.1 Å². The summed E-state index contributed by atoms with van der Waals surface area (Å²) in [5.74, 6) is 0. The highest BCUT2D eigenvalue weighted by molar-refractivity contribution is 14.1. The summed E-state index contributed by atoms with van der Waals surface area (Å²) in [6, 6.07) is 12.7. The zero-order chi connectivity index (χ0) is 8.55. The highest BCUT2D eigenvalue weighted by atomic mass is 127. The average molecular weight is 270 g/mol. The van der Waals surface area contributed by atoms with E-state index in [2.05, 4.69) is 69.0 Å². The van der Waals surface area contributed by atoms with Crippen LogP contribution in [0.5, 0.6) is 0 Å². The largest absolute Gasteiger partial charge is 0.354 e. The molecule has 0 amide bonds. The second kappa shape index (κ2) is 3.01. The molecule has 0 aliphatic carbocycles. The molecule has 0 aliphatic rings. The Morgan fingerprint density at radius 3 is 2.67 bits per heavy atom. The highest BCUT2D eigenvalue weighted by Gasteiger charge is 2.07. The van der Waals surface area contributed by atoms with Gasteiger partial charge in [0.15, 0.2) is 5.69 Å². The lowest BCUT2D eigenvalue weighted by molar-refractivity contribution is -0.417. The summed E-state index contributed by atoms with van der Waals surface area (Å²) in [4.78, 5) is 0. The summed E-state index contributed by atoms with van der Waals surface area (Å²) in [7, 11) is 0. The molecule has 1 aromatic carbocycles. The Kier molecular flexibility index (Phi) is 2.00. The van der Waals surface area contributed by atoms with Gasteiger partial charge < -0.3 is 0 Å². The number of hydrogen-bond donors (Lipinski definition) is 0. The van der Waals surface area contributed by atoms with Gasteiger partial charge in [-0.25, -0.2) is 0 Å². The maximum Gasteiger partial charge on any atom is 0.354 e. The predicted molar refractivity (Wildman–Crippen MR) is 58.3 cm³/mol. The standard InChI is InChI=1S/C10H9IN/c1-8-6-7-9-4-2-3-5-10(9)12(8)11/h2-7H,1H3/q+1. The van der Waals surface area contributed by atoms with Crippen LogP contribution in [0.4, 0.5) is 0 Å². The SMILES string of the molecule is Cc1ccc2ccccc2[n+]1I. The van der Waals surface area contributed by atoms with Crippen LogP contribution in [0, 0.1) is 6.92 Å². The van der Waals surface area contributed by atoms with E-state index in [1.165, 1.54) is 16.6 Å². The van der Waals surface area contributed by atoms with Crippen LogP contribution in [-0.4, -0.2) is 0 Å². The average Bonchev–Trinajstić information content (AvgIpc) is 2.12. The molecule has 1 heterocycles. The number of aryl methyl sites for hydroxylation is 1. The molecule has 1 nitrogen and oxygen atoms in total. The lowest BCUT2D eigenvalue weighted by Gasteiger charge is -1.95. The smallest absolute Gasteiger partial charge is 0.134 e. The van der Waals surface area contributed by atoms with Gasteiger partial charge in [0.1, 0.15) is 0 Å². The second-order valence-electron chi connectivity index (χ2n) is 2.81. The van der Waals surface area contributed by atoms with Gasteiger partial charge in [-0.15, -0.1) is 2.78 Å². The molecular weight excluding hydrogens is 261 g/mol. The Balaban J connectivity index is 2.91. The van der Waals surface area contributed by atoms with Crippen molar-refractivity contribution in [1.29, 1.82) is 0 Å². The number of pyridine rings is 1. The van der Waals surface area contributed by atoms with Gasteiger partial charge in [0.2, 0.25) is 5.52 Å². The van der Waals surface area contributed by atoms with Crippen LogP contribution in [0.25, 0.3) is 10.9 Å². The minimum atomic E-state index is 1.27. The lowest BCUT2D eigenvalue weighted by Crippen LogP contribution is -2.23. The molecule has 0 unspecified atom stereocenters. The summed E-state index contributed by atoms with van der Waals surface area (Å²) in [6.45, 7) is 2.11. The number of fused-ring (bicyclic) bond motifs is 1. The Hall–Kier alpha value is -0.640. The van der Waals surface area contributed by atoms with Crippen molar-refractivity contribution in [3.63, 3.8) is 0 Å². The Bertz CT molecular complexity index is 423. The topological polar surface area (TPSA) is 3.88 Å². The predicted octanol–water partition coefficient (Wildman–Crippen LogP) is 2.63. The van der Waals surface area contributed by atoms with Crippen molar-refractivity contribution < 1.29 is 2.78 Å². The maximum atomic E-state index is 2.32. The molecule has 60 valence electrons. The summed E-state index contributed by atoms with van der Waals surface area (Å²) in [5, 5.41) is 1.29. The van der Waals surface area contributed by atoms with Crippen molar-refractivity contribution in [3.05, 3.63) is 42.1 Å². The number of aromatic nitrogens is 1. The summed E-state index contributed by atoms with van der Waals surface area (Å²) >= 11 is 2.32. The first-order chi connectivity index (χ1) is 5.79. The number of rotatable bonds is 0. The molecule has 2 heteroatoms. The molecule has 0 spiro atoms. The molecule has 0 saturated carbocycles. The van der Waals surface area contributed by atoms with E-state index < -0.39 is 0 Å². The van der Waals surface area contributed by atoms with Crippen LogP contribution in [-0.2, 0) is 0 Å². The van der Waals surface area contributed by atoms with Gasteiger partial charge in [-0.2, -0.15) is 0 Å². The molecule has 12 heavy (non-hydrogen) atoms. The number of para-hydroxylation sites is 1. The van der Waals surface area contributed by atoms with Crippen molar-refractivity contribution >= 4 is 33.8 Å². The first-order valence-electron chi connectivity index (χ1n) is 3.85. The van der Waals surface area contributed by atoms with Crippen LogP contribution in [0.2, 0.25) is 0 Å². The molecular formula is C10H9IN+. The normalized spacial score (nSPS) is 10.5. The fourth-order valence-electron chi connectivity index (χ4n) is 1.27. The fourth-order valence-corrected chi connectivity index (χ4v) is 1.87. The van der Waals surface area contributed by atoms with Crippen LogP contribution in [0.1, 0.15) is 5.69 Å². The fraction of sp³-hybridized carbons (Fsp3) is 0.100. The third-order valence-electron chi connectivity index (χ3n) is 1.96. The summed E-state index contributed by atoms with van der Waals surface area (Å²) < 4.78 is 2.17. The summed E-state index contributed by atoms with van der Waals surface area (Å²) in [6.07, 6.45) is 0. The summed E-state index contributed by atoms with van der Waals surface area (Å²) in [5.41, 5.74) is 2.55. The van der Waals surface area contributed by atoms with E-state index in [9.17, 15) is 0 Å². The molecule has 0 radical (unpaired) electrons. The number of halogens is 1. The van der Waals surface area contributed by atoms with Crippen LogP contribution in [0.3, 0.4) is 0 Å². The van der Waals surface area contributed by atoms with Gasteiger partial charge in [0, 0.05) is 24.4 Å². The van der Waals surface area contributed by atoms with Crippen molar-refractivity contribution in [2.24, 2.45) is 0 Å². The molecule has 0 fully saturated rings. The quantitative estimate of drug-likeness (QED) is 0.648. The van der Waals surface area contributed by atoms with Crippen molar-refractivity contribution in [1.82, 2.24) is 0 Å². The third-order valence-corrected chi connectivity index (χ3v) is 3.24. The Morgan fingerprint density at radius 2 is 1.83 bits per heavy atom. The van der Waals surface area contributed by atoms with E-state index in [1.54, 1.807) is 0 Å². The van der Waals surface area contributed by atoms with Crippen molar-refractivity contribution in [3.8, 4) is 0 Å². The molecule has 0 N–H and O–H groups in total. The van der Waals surface area contributed by atoms with Crippen molar-refractivity contribution in [2.75, 3.05) is 0 Å². The minimum Gasteiger partial charge on any atom is -0.134 e. The van der Waals surface area contributed by atoms with E-state index >= 15 is 0 Å². The van der Waals surface area contributed by atoms with Crippen LogP contribution < -0.4 is 2.78 Å². The van der Waals surface area contributed by atoms with Gasteiger partial charge in [-0.1, -0.05) is 12.1 Å².